The lowest BCUT2D eigenvalue weighted by atomic mass is 10.2. The summed E-state index contributed by atoms with van der Waals surface area (Å²) in [6, 6.07) is 18.5. The van der Waals surface area contributed by atoms with E-state index in [1.54, 1.807) is 48.5 Å². The van der Waals surface area contributed by atoms with Gasteiger partial charge in [-0.3, -0.25) is 14.6 Å². The maximum absolute atomic E-state index is 12.5. The molecule has 138 valence electrons. The molecule has 0 saturated carbocycles. The Bertz CT molecular complexity index is 1070. The number of hydrogen-bond acceptors (Lipinski definition) is 5. The predicted molar refractivity (Wildman–Crippen MR) is 104 cm³/mol. The van der Waals surface area contributed by atoms with Crippen LogP contribution in [0.25, 0.3) is 0 Å². The van der Waals surface area contributed by atoms with Crippen molar-refractivity contribution >= 4 is 23.2 Å². The molecule has 0 aliphatic heterocycles. The minimum atomic E-state index is -0.484. The number of nitrogens with one attached hydrogen (secondary N) is 2. The predicted octanol–water partition coefficient (Wildman–Crippen LogP) is 3.47. The van der Waals surface area contributed by atoms with Crippen LogP contribution in [0, 0.1) is 11.3 Å². The molecule has 0 bridgehead atoms. The first kappa shape index (κ1) is 18.6. The normalized spacial score (nSPS) is 9.86. The van der Waals surface area contributed by atoms with Crippen molar-refractivity contribution in [1.82, 2.24) is 4.98 Å². The highest BCUT2D eigenvalue weighted by molar-refractivity contribution is 6.08. The second kappa shape index (κ2) is 8.47. The number of ether oxygens (including phenoxy) is 1. The number of anilines is 2. The number of hydrogen-bond donors (Lipinski definition) is 2. The monoisotopic (exact) mass is 372 g/mol. The van der Waals surface area contributed by atoms with Gasteiger partial charge in [0.05, 0.1) is 24.4 Å². The van der Waals surface area contributed by atoms with Crippen molar-refractivity contribution in [2.75, 3.05) is 17.7 Å². The maximum Gasteiger partial charge on any atom is 0.274 e. The highest BCUT2D eigenvalue weighted by Gasteiger charge is 2.14. The van der Waals surface area contributed by atoms with Crippen LogP contribution in [0.5, 0.6) is 5.75 Å². The summed E-state index contributed by atoms with van der Waals surface area (Å²) in [7, 11) is 1.52. The molecule has 0 atom stereocenters. The summed E-state index contributed by atoms with van der Waals surface area (Å²) in [5.41, 5.74) is 1.77. The van der Waals surface area contributed by atoms with Gasteiger partial charge in [-0.25, -0.2) is 0 Å². The number of carbonyl (C=O) groups excluding carboxylic acids is 2. The minimum Gasteiger partial charge on any atom is -0.495 e. The third kappa shape index (κ3) is 4.31. The average Bonchev–Trinajstić information content (AvgIpc) is 2.74. The molecule has 2 aromatic carbocycles. The molecule has 0 unspecified atom stereocenters. The molecule has 2 N–H and O–H groups in total. The highest BCUT2D eigenvalue weighted by Crippen LogP contribution is 2.23. The van der Waals surface area contributed by atoms with E-state index in [0.717, 1.165) is 0 Å². The number of para-hydroxylation sites is 2. The van der Waals surface area contributed by atoms with E-state index >= 15 is 0 Å². The lowest BCUT2D eigenvalue weighted by Crippen LogP contribution is -2.17. The number of aromatic nitrogens is 1. The van der Waals surface area contributed by atoms with E-state index in [-0.39, 0.29) is 11.3 Å². The zero-order valence-electron chi connectivity index (χ0n) is 15.0. The molecule has 1 aromatic heterocycles. The van der Waals surface area contributed by atoms with Crippen LogP contribution in [0.3, 0.4) is 0 Å². The summed E-state index contributed by atoms with van der Waals surface area (Å²) >= 11 is 0. The molecule has 0 radical (unpaired) electrons. The van der Waals surface area contributed by atoms with Crippen LogP contribution in [0.15, 0.2) is 66.9 Å². The molecule has 3 rings (SSSR count). The molecule has 7 heteroatoms. The van der Waals surface area contributed by atoms with Crippen molar-refractivity contribution in [1.29, 1.82) is 5.26 Å². The second-order valence-corrected chi connectivity index (χ2v) is 5.73. The molecule has 0 aliphatic rings. The van der Waals surface area contributed by atoms with Gasteiger partial charge in [-0.05, 0) is 42.5 Å². The highest BCUT2D eigenvalue weighted by atomic mass is 16.5. The van der Waals surface area contributed by atoms with Crippen LogP contribution in [-0.2, 0) is 0 Å². The molecule has 1 heterocycles. The zero-order valence-corrected chi connectivity index (χ0v) is 15.0. The van der Waals surface area contributed by atoms with Crippen molar-refractivity contribution in [3.63, 3.8) is 0 Å². The SMILES string of the molecule is COc1ccccc1NC(=O)c1ccnc(C(=O)Nc2cccc(C#N)c2)c1. The van der Waals surface area contributed by atoms with Crippen LogP contribution >= 0.6 is 0 Å². The fourth-order valence-corrected chi connectivity index (χ4v) is 2.50. The Hall–Kier alpha value is -4.18. The first-order chi connectivity index (χ1) is 13.6. The third-order valence-electron chi connectivity index (χ3n) is 3.86. The third-order valence-corrected chi connectivity index (χ3v) is 3.86. The van der Waals surface area contributed by atoms with Crippen LogP contribution in [0.1, 0.15) is 26.4 Å². The molecule has 0 fully saturated rings. The standard InChI is InChI=1S/C21H16N4O3/c1-28-19-8-3-2-7-17(19)25-20(26)15-9-10-23-18(12-15)21(27)24-16-6-4-5-14(11-16)13-22/h2-12H,1H3,(H,24,27)(H,25,26). The van der Waals surface area contributed by atoms with Crippen LogP contribution in [0.4, 0.5) is 11.4 Å². The molecule has 0 saturated heterocycles. The molecule has 0 aliphatic carbocycles. The van der Waals surface area contributed by atoms with E-state index in [2.05, 4.69) is 15.6 Å². The summed E-state index contributed by atoms with van der Waals surface area (Å²) in [5.74, 6) is -0.352. The van der Waals surface area contributed by atoms with E-state index < -0.39 is 11.8 Å². The molecule has 7 nitrogen and oxygen atoms in total. The van der Waals surface area contributed by atoms with E-state index in [9.17, 15) is 9.59 Å². The van der Waals surface area contributed by atoms with Crippen molar-refractivity contribution in [2.24, 2.45) is 0 Å². The van der Waals surface area contributed by atoms with Crippen LogP contribution in [-0.4, -0.2) is 23.9 Å². The smallest absolute Gasteiger partial charge is 0.274 e. The molecular formula is C21H16N4O3. The summed E-state index contributed by atoms with van der Waals surface area (Å²) in [4.78, 5) is 29.0. The number of carbonyl (C=O) groups is 2. The fraction of sp³-hybridized carbons (Fsp3) is 0.0476. The molecule has 3 aromatic rings. The van der Waals surface area contributed by atoms with Crippen molar-refractivity contribution in [2.45, 2.75) is 0 Å². The van der Waals surface area contributed by atoms with Crippen molar-refractivity contribution in [3.05, 3.63) is 83.7 Å². The number of benzene rings is 2. The molecule has 2 amide bonds. The van der Waals surface area contributed by atoms with Gasteiger partial charge in [0.1, 0.15) is 11.4 Å². The largest absolute Gasteiger partial charge is 0.495 e. The summed E-state index contributed by atoms with van der Waals surface area (Å²) in [6.07, 6.45) is 1.39. The van der Waals surface area contributed by atoms with Gasteiger partial charge in [0.15, 0.2) is 0 Å². The first-order valence-corrected chi connectivity index (χ1v) is 8.32. The van der Waals surface area contributed by atoms with Gasteiger partial charge in [0.25, 0.3) is 11.8 Å². The number of amides is 2. The van der Waals surface area contributed by atoms with E-state index in [4.69, 9.17) is 10.00 Å². The van der Waals surface area contributed by atoms with Gasteiger partial charge in [-0.15, -0.1) is 0 Å². The number of methoxy groups -OCH3 is 1. The Balaban J connectivity index is 1.76. The Kier molecular flexibility index (Phi) is 5.63. The summed E-state index contributed by atoms with van der Waals surface area (Å²) < 4.78 is 5.22. The van der Waals surface area contributed by atoms with Crippen molar-refractivity contribution in [3.8, 4) is 11.8 Å². The van der Waals surface area contributed by atoms with Crippen LogP contribution in [0.2, 0.25) is 0 Å². The van der Waals surface area contributed by atoms with Gasteiger partial charge >= 0.3 is 0 Å². The Morgan fingerprint density at radius 2 is 1.82 bits per heavy atom. The molecule has 0 spiro atoms. The Morgan fingerprint density at radius 3 is 2.61 bits per heavy atom. The van der Waals surface area contributed by atoms with Crippen molar-refractivity contribution < 1.29 is 14.3 Å². The fourth-order valence-electron chi connectivity index (χ4n) is 2.50. The van der Waals surface area contributed by atoms with E-state index in [0.29, 0.717) is 22.7 Å². The number of rotatable bonds is 5. The number of nitrogens with zero attached hydrogens (tertiary/aromatic N) is 2. The summed E-state index contributed by atoms with van der Waals surface area (Å²) in [6.45, 7) is 0. The zero-order chi connectivity index (χ0) is 19.9. The van der Waals surface area contributed by atoms with Gasteiger partial charge in [-0.2, -0.15) is 5.26 Å². The average molecular weight is 372 g/mol. The molecule has 28 heavy (non-hydrogen) atoms. The van der Waals surface area contributed by atoms with Gasteiger partial charge in [0, 0.05) is 17.4 Å². The van der Waals surface area contributed by atoms with Gasteiger partial charge in [-0.1, -0.05) is 18.2 Å². The molecular weight excluding hydrogens is 356 g/mol. The Morgan fingerprint density at radius 1 is 1.00 bits per heavy atom. The van der Waals surface area contributed by atoms with Crippen LogP contribution < -0.4 is 15.4 Å². The second-order valence-electron chi connectivity index (χ2n) is 5.73. The summed E-state index contributed by atoms with van der Waals surface area (Å²) in [5, 5.41) is 14.4. The topological polar surface area (TPSA) is 104 Å². The minimum absolute atomic E-state index is 0.0787. The quantitative estimate of drug-likeness (QED) is 0.714. The number of pyridine rings is 1. The number of nitriles is 1. The first-order valence-electron chi connectivity index (χ1n) is 8.32. The maximum atomic E-state index is 12.5. The lowest BCUT2D eigenvalue weighted by molar-refractivity contribution is 0.102. The Labute approximate surface area is 161 Å². The van der Waals surface area contributed by atoms with E-state index in [1.807, 2.05) is 6.07 Å². The lowest BCUT2D eigenvalue weighted by Gasteiger charge is -2.10. The van der Waals surface area contributed by atoms with E-state index in [1.165, 1.54) is 25.4 Å². The van der Waals surface area contributed by atoms with Gasteiger partial charge < -0.3 is 15.4 Å². The van der Waals surface area contributed by atoms with Gasteiger partial charge in [0.2, 0.25) is 0 Å².